The first-order valence-electron chi connectivity index (χ1n) is 4.86. The molecule has 1 aromatic rings. The summed E-state index contributed by atoms with van der Waals surface area (Å²) in [6.07, 6.45) is -3.11. The predicted molar refractivity (Wildman–Crippen MR) is 72.9 cm³/mol. The number of guanidine groups is 1. The zero-order valence-corrected chi connectivity index (χ0v) is 12.5. The lowest BCUT2D eigenvalue weighted by Gasteiger charge is -2.09. The Morgan fingerprint density at radius 1 is 1.50 bits per heavy atom. The van der Waals surface area contributed by atoms with E-state index in [9.17, 15) is 13.2 Å². The molecule has 0 saturated heterocycles. The summed E-state index contributed by atoms with van der Waals surface area (Å²) in [5.74, 6) is 0.418. The smallest absolute Gasteiger partial charge is 0.359 e. The van der Waals surface area contributed by atoms with Crippen molar-refractivity contribution in [2.24, 2.45) is 12.0 Å². The Kier molecular flexibility index (Phi) is 6.43. The lowest BCUT2D eigenvalue weighted by atomic mass is 10.2. The van der Waals surface area contributed by atoms with Gasteiger partial charge in [-0.2, -0.15) is 18.3 Å². The molecule has 5 nitrogen and oxygen atoms in total. The quantitative estimate of drug-likeness (QED) is 0.465. The summed E-state index contributed by atoms with van der Waals surface area (Å²) in [6.45, 7) is 0.0101. The molecule has 1 aromatic heterocycles. The second-order valence-corrected chi connectivity index (χ2v) is 3.35. The summed E-state index contributed by atoms with van der Waals surface area (Å²) < 4.78 is 38.9. The second-order valence-electron chi connectivity index (χ2n) is 3.35. The maximum absolute atomic E-state index is 12.6. The van der Waals surface area contributed by atoms with Crippen LogP contribution in [0.4, 0.5) is 13.2 Å². The minimum absolute atomic E-state index is 0. The van der Waals surface area contributed by atoms with Crippen molar-refractivity contribution in [3.8, 4) is 0 Å². The Bertz CT molecular complexity index is 413. The van der Waals surface area contributed by atoms with Gasteiger partial charge in [0.05, 0.1) is 0 Å². The molecule has 0 unspecified atom stereocenters. The van der Waals surface area contributed by atoms with Gasteiger partial charge in [0.25, 0.3) is 0 Å². The number of alkyl halides is 3. The van der Waals surface area contributed by atoms with Crippen molar-refractivity contribution in [2.45, 2.75) is 12.7 Å². The van der Waals surface area contributed by atoms with E-state index in [0.29, 0.717) is 5.96 Å². The van der Waals surface area contributed by atoms with E-state index < -0.39 is 11.9 Å². The Balaban J connectivity index is 0.00000289. The number of hydrogen-bond donors (Lipinski definition) is 2. The van der Waals surface area contributed by atoms with E-state index in [0.717, 1.165) is 4.68 Å². The van der Waals surface area contributed by atoms with E-state index in [1.54, 1.807) is 7.05 Å². The molecular weight excluding hydrogens is 362 g/mol. The number of halogens is 4. The Labute approximate surface area is 120 Å². The number of nitrogens with zero attached hydrogens (tertiary/aromatic N) is 3. The maximum atomic E-state index is 12.6. The summed E-state index contributed by atoms with van der Waals surface area (Å²) >= 11 is 0. The van der Waals surface area contributed by atoms with E-state index in [-0.39, 0.29) is 36.1 Å². The van der Waals surface area contributed by atoms with Gasteiger partial charge in [0.1, 0.15) is 0 Å². The van der Waals surface area contributed by atoms with Crippen LogP contribution in [0.15, 0.2) is 11.2 Å². The molecule has 0 radical (unpaired) electrons. The van der Waals surface area contributed by atoms with Crippen molar-refractivity contribution in [1.29, 1.82) is 0 Å². The van der Waals surface area contributed by atoms with E-state index in [1.807, 2.05) is 0 Å². The third-order valence-corrected chi connectivity index (χ3v) is 2.08. The molecule has 0 fully saturated rings. The highest BCUT2D eigenvalue weighted by Gasteiger charge is 2.36. The van der Waals surface area contributed by atoms with Gasteiger partial charge in [-0.3, -0.25) is 9.67 Å². The maximum Gasteiger partial charge on any atom is 0.435 e. The highest BCUT2D eigenvalue weighted by Crippen LogP contribution is 2.30. The van der Waals surface area contributed by atoms with Crippen LogP contribution in [0.5, 0.6) is 0 Å². The predicted octanol–water partition coefficient (Wildman–Crippen LogP) is 1.35. The van der Waals surface area contributed by atoms with Crippen LogP contribution >= 0.6 is 24.0 Å². The SMILES string of the molecule is CN=C(NC)NCc1cn(C)nc1C(F)(F)F.I. The molecule has 0 aliphatic carbocycles. The lowest BCUT2D eigenvalue weighted by Crippen LogP contribution is -2.34. The Morgan fingerprint density at radius 3 is 2.56 bits per heavy atom. The molecule has 0 aromatic carbocycles. The normalized spacial score (nSPS) is 12.0. The van der Waals surface area contributed by atoms with Crippen molar-refractivity contribution in [3.05, 3.63) is 17.5 Å². The van der Waals surface area contributed by atoms with Crippen LogP contribution in [-0.2, 0) is 19.8 Å². The number of aryl methyl sites for hydroxylation is 1. The fourth-order valence-electron chi connectivity index (χ4n) is 1.36. The van der Waals surface area contributed by atoms with Gasteiger partial charge < -0.3 is 10.6 Å². The molecule has 0 amide bonds. The summed E-state index contributed by atoms with van der Waals surface area (Å²) in [4.78, 5) is 3.81. The highest BCUT2D eigenvalue weighted by atomic mass is 127. The molecule has 0 bridgehead atoms. The summed E-state index contributed by atoms with van der Waals surface area (Å²) in [7, 11) is 4.61. The third-order valence-electron chi connectivity index (χ3n) is 2.08. The number of nitrogens with one attached hydrogen (secondary N) is 2. The Morgan fingerprint density at radius 2 is 2.11 bits per heavy atom. The average Bonchev–Trinajstić information content (AvgIpc) is 2.61. The molecule has 104 valence electrons. The molecule has 0 aliphatic rings. The van der Waals surface area contributed by atoms with Crippen molar-refractivity contribution in [1.82, 2.24) is 20.4 Å². The van der Waals surface area contributed by atoms with Gasteiger partial charge in [-0.05, 0) is 0 Å². The van der Waals surface area contributed by atoms with Gasteiger partial charge in [0.15, 0.2) is 11.7 Å². The molecule has 18 heavy (non-hydrogen) atoms. The van der Waals surface area contributed by atoms with Crippen LogP contribution in [0.2, 0.25) is 0 Å². The van der Waals surface area contributed by atoms with Crippen LogP contribution in [0.3, 0.4) is 0 Å². The first-order chi connectivity index (χ1) is 7.88. The van der Waals surface area contributed by atoms with Crippen molar-refractivity contribution < 1.29 is 13.2 Å². The molecule has 0 spiro atoms. The lowest BCUT2D eigenvalue weighted by molar-refractivity contribution is -0.142. The molecule has 0 saturated carbocycles. The fraction of sp³-hybridized carbons (Fsp3) is 0.556. The number of aromatic nitrogens is 2. The summed E-state index contributed by atoms with van der Waals surface area (Å²) in [6, 6.07) is 0. The molecule has 1 rings (SSSR count). The zero-order chi connectivity index (χ0) is 13.1. The third kappa shape index (κ3) is 4.35. The first kappa shape index (κ1) is 17.0. The van der Waals surface area contributed by atoms with Gasteiger partial charge in [-0.25, -0.2) is 0 Å². The number of hydrogen-bond acceptors (Lipinski definition) is 2. The average molecular weight is 377 g/mol. The van der Waals surface area contributed by atoms with Crippen molar-refractivity contribution in [3.63, 3.8) is 0 Å². The van der Waals surface area contributed by atoms with Crippen LogP contribution in [0.1, 0.15) is 11.3 Å². The van der Waals surface area contributed by atoms with Crippen molar-refractivity contribution in [2.75, 3.05) is 14.1 Å². The number of aliphatic imine (C=N–C) groups is 1. The Hall–Kier alpha value is -1.00. The van der Waals surface area contributed by atoms with E-state index in [2.05, 4.69) is 20.7 Å². The standard InChI is InChI=1S/C9H14F3N5.HI/c1-13-8(14-2)15-4-6-5-17(3)16-7(6)9(10,11)12;/h5H,4H2,1-3H3,(H2,13,14,15);1H. The minimum atomic E-state index is -4.44. The summed E-state index contributed by atoms with van der Waals surface area (Å²) in [5, 5.41) is 8.87. The van der Waals surface area contributed by atoms with E-state index in [4.69, 9.17) is 0 Å². The van der Waals surface area contributed by atoms with Crippen LogP contribution in [0, 0.1) is 0 Å². The van der Waals surface area contributed by atoms with Crippen LogP contribution < -0.4 is 10.6 Å². The molecular formula is C9H15F3IN5. The largest absolute Gasteiger partial charge is 0.435 e. The molecule has 9 heteroatoms. The van der Waals surface area contributed by atoms with E-state index in [1.165, 1.54) is 20.3 Å². The van der Waals surface area contributed by atoms with Gasteiger partial charge in [-0.1, -0.05) is 0 Å². The van der Waals surface area contributed by atoms with Crippen molar-refractivity contribution >= 4 is 29.9 Å². The fourth-order valence-corrected chi connectivity index (χ4v) is 1.36. The van der Waals surface area contributed by atoms with Gasteiger partial charge in [0.2, 0.25) is 0 Å². The minimum Gasteiger partial charge on any atom is -0.359 e. The number of rotatable bonds is 2. The first-order valence-corrected chi connectivity index (χ1v) is 4.86. The van der Waals surface area contributed by atoms with Crippen LogP contribution in [0.25, 0.3) is 0 Å². The summed E-state index contributed by atoms with van der Waals surface area (Å²) in [5.41, 5.74) is -0.796. The van der Waals surface area contributed by atoms with Crippen LogP contribution in [-0.4, -0.2) is 29.8 Å². The monoisotopic (exact) mass is 377 g/mol. The molecule has 2 N–H and O–H groups in total. The van der Waals surface area contributed by atoms with Gasteiger partial charge in [-0.15, -0.1) is 24.0 Å². The molecule has 0 aliphatic heterocycles. The second kappa shape index (κ2) is 6.81. The molecule has 0 atom stereocenters. The van der Waals surface area contributed by atoms with Gasteiger partial charge >= 0.3 is 6.18 Å². The highest BCUT2D eigenvalue weighted by molar-refractivity contribution is 14.0. The topological polar surface area (TPSA) is 54.2 Å². The molecule has 1 heterocycles. The van der Waals surface area contributed by atoms with Gasteiger partial charge in [0, 0.05) is 39.4 Å². The zero-order valence-electron chi connectivity index (χ0n) is 10.2. The van der Waals surface area contributed by atoms with E-state index >= 15 is 0 Å².